The molecule has 0 aromatic heterocycles. The lowest BCUT2D eigenvalue weighted by Gasteiger charge is -2.16. The topological polar surface area (TPSA) is 104 Å². The minimum atomic E-state index is -1.23. The van der Waals surface area contributed by atoms with E-state index in [-0.39, 0.29) is 21.7 Å². The second kappa shape index (κ2) is 5.18. The Kier molecular flexibility index (Phi) is 3.58. The predicted molar refractivity (Wildman–Crippen MR) is 69.9 cm³/mol. The zero-order valence-corrected chi connectivity index (χ0v) is 10.6. The number of carbonyl (C=O) groups is 1. The molecular weight excluding hydrogens is 286 g/mol. The average molecular weight is 293 g/mol. The molecule has 0 radical (unpaired) electrons. The number of rotatable bonds is 3. The van der Waals surface area contributed by atoms with Gasteiger partial charge >= 0.3 is 5.97 Å². The predicted octanol–water partition coefficient (Wildman–Crippen LogP) is 2.69. The third-order valence-corrected chi connectivity index (χ3v) is 2.90. The Hall–Kier alpha value is -2.60. The van der Waals surface area contributed by atoms with Gasteiger partial charge in [0.05, 0.1) is 10.5 Å². The summed E-state index contributed by atoms with van der Waals surface area (Å²) in [6.07, 6.45) is 0. The number of carboxylic acids is 1. The first-order chi connectivity index (χ1) is 9.41. The van der Waals surface area contributed by atoms with Crippen molar-refractivity contribution < 1.29 is 19.9 Å². The van der Waals surface area contributed by atoms with Crippen molar-refractivity contribution in [2.24, 2.45) is 0 Å². The molecular formula is C13H7ClNO5-. The van der Waals surface area contributed by atoms with E-state index in [1.54, 1.807) is 0 Å². The van der Waals surface area contributed by atoms with E-state index in [2.05, 4.69) is 0 Å². The Morgan fingerprint density at radius 3 is 2.45 bits per heavy atom. The molecule has 0 amide bonds. The first-order valence-corrected chi connectivity index (χ1v) is 5.77. The van der Waals surface area contributed by atoms with Gasteiger partial charge in [0.2, 0.25) is 0 Å². The summed E-state index contributed by atoms with van der Waals surface area (Å²) in [7, 11) is 0. The van der Waals surface area contributed by atoms with Crippen molar-refractivity contribution in [3.05, 3.63) is 57.1 Å². The molecule has 2 rings (SSSR count). The van der Waals surface area contributed by atoms with Crippen LogP contribution in [0.2, 0.25) is 5.02 Å². The molecule has 0 heterocycles. The quantitative estimate of drug-likeness (QED) is 0.692. The molecule has 0 saturated carbocycles. The molecule has 0 aliphatic carbocycles. The molecule has 6 nitrogen and oxygen atoms in total. The van der Waals surface area contributed by atoms with Gasteiger partial charge < -0.3 is 10.2 Å². The fraction of sp³-hybridized carbons (Fsp3) is 0. The number of nitro groups is 1. The molecule has 0 atom stereocenters. The van der Waals surface area contributed by atoms with Crippen LogP contribution < -0.4 is 5.11 Å². The third kappa shape index (κ3) is 2.41. The van der Waals surface area contributed by atoms with Crippen LogP contribution in [-0.2, 0) is 0 Å². The number of nitrogens with zero attached hydrogens (tertiary/aromatic N) is 1. The maximum atomic E-state index is 12.0. The van der Waals surface area contributed by atoms with Gasteiger partial charge in [-0.3, -0.25) is 10.1 Å². The largest absolute Gasteiger partial charge is 0.867 e. The average Bonchev–Trinajstić information content (AvgIpc) is 2.40. The summed E-state index contributed by atoms with van der Waals surface area (Å²) in [5.41, 5.74) is -0.827. The summed E-state index contributed by atoms with van der Waals surface area (Å²) in [4.78, 5) is 21.1. The molecule has 0 spiro atoms. The molecule has 0 bridgehead atoms. The molecule has 0 aliphatic heterocycles. The highest BCUT2D eigenvalue weighted by molar-refractivity contribution is 6.31. The van der Waals surface area contributed by atoms with Crippen LogP contribution in [0.5, 0.6) is 5.75 Å². The summed E-state index contributed by atoms with van der Waals surface area (Å²) in [5.74, 6) is -2.10. The molecule has 20 heavy (non-hydrogen) atoms. The van der Waals surface area contributed by atoms with Gasteiger partial charge in [0.1, 0.15) is 0 Å². The molecule has 2 aromatic carbocycles. The van der Waals surface area contributed by atoms with Crippen LogP contribution in [0.25, 0.3) is 11.1 Å². The van der Waals surface area contributed by atoms with Gasteiger partial charge in [0.15, 0.2) is 0 Å². The molecule has 2 aromatic rings. The van der Waals surface area contributed by atoms with E-state index in [1.807, 2.05) is 0 Å². The van der Waals surface area contributed by atoms with Gasteiger partial charge in [0, 0.05) is 11.1 Å². The van der Waals surface area contributed by atoms with Crippen LogP contribution in [0.3, 0.4) is 0 Å². The summed E-state index contributed by atoms with van der Waals surface area (Å²) in [5, 5.41) is 31.9. The van der Waals surface area contributed by atoms with Crippen molar-refractivity contribution >= 4 is 23.3 Å². The van der Waals surface area contributed by atoms with Crippen molar-refractivity contribution in [1.82, 2.24) is 0 Å². The Labute approximate surface area is 118 Å². The Bertz CT molecular complexity index is 714. The standard InChI is InChI=1S/C13H8ClNO5/c14-7-5-10(12(16)11(6-7)15(19)20)8-3-1-2-4-9(8)13(17)18/h1-6,16H,(H,17,18)/p-1. The second-order valence-corrected chi connectivity index (χ2v) is 4.35. The first-order valence-electron chi connectivity index (χ1n) is 5.39. The summed E-state index contributed by atoms with van der Waals surface area (Å²) >= 11 is 5.76. The Morgan fingerprint density at radius 1 is 1.20 bits per heavy atom. The van der Waals surface area contributed by atoms with Crippen LogP contribution in [0.4, 0.5) is 5.69 Å². The van der Waals surface area contributed by atoms with E-state index in [4.69, 9.17) is 16.7 Å². The van der Waals surface area contributed by atoms with E-state index in [0.29, 0.717) is 0 Å². The summed E-state index contributed by atoms with van der Waals surface area (Å²) in [6, 6.07) is 7.91. The van der Waals surface area contributed by atoms with Crippen molar-refractivity contribution in [1.29, 1.82) is 0 Å². The van der Waals surface area contributed by atoms with Gasteiger partial charge in [-0.15, -0.1) is 0 Å². The summed E-state index contributed by atoms with van der Waals surface area (Å²) in [6.45, 7) is 0. The van der Waals surface area contributed by atoms with E-state index in [0.717, 1.165) is 6.07 Å². The molecule has 0 fully saturated rings. The first kappa shape index (κ1) is 13.8. The minimum absolute atomic E-state index is 0.00788. The van der Waals surface area contributed by atoms with Gasteiger partial charge in [0.25, 0.3) is 5.69 Å². The molecule has 0 aliphatic rings. The zero-order valence-electron chi connectivity index (χ0n) is 9.87. The van der Waals surface area contributed by atoms with Crippen LogP contribution >= 0.6 is 11.6 Å². The van der Waals surface area contributed by atoms with Gasteiger partial charge in [-0.2, -0.15) is 0 Å². The number of hydrogen-bond acceptors (Lipinski definition) is 4. The minimum Gasteiger partial charge on any atom is -0.867 e. The van der Waals surface area contributed by atoms with Gasteiger partial charge in [-0.1, -0.05) is 29.8 Å². The monoisotopic (exact) mass is 292 g/mol. The number of nitro benzene ring substituents is 1. The highest BCUT2D eigenvalue weighted by atomic mass is 35.5. The number of aromatic carboxylic acids is 1. The highest BCUT2D eigenvalue weighted by Crippen LogP contribution is 2.38. The lowest BCUT2D eigenvalue weighted by molar-refractivity contribution is -0.398. The lowest BCUT2D eigenvalue weighted by Crippen LogP contribution is -2.04. The number of benzene rings is 2. The fourth-order valence-corrected chi connectivity index (χ4v) is 2.03. The smallest absolute Gasteiger partial charge is 0.336 e. The molecule has 0 saturated heterocycles. The van der Waals surface area contributed by atoms with E-state index in [9.17, 15) is 20.0 Å². The Balaban J connectivity index is 2.77. The van der Waals surface area contributed by atoms with Crippen molar-refractivity contribution in [3.8, 4) is 16.9 Å². The molecule has 7 heteroatoms. The van der Waals surface area contributed by atoms with Gasteiger partial charge in [-0.25, -0.2) is 4.79 Å². The van der Waals surface area contributed by atoms with Crippen LogP contribution in [0.15, 0.2) is 36.4 Å². The zero-order chi connectivity index (χ0) is 14.9. The van der Waals surface area contributed by atoms with E-state index in [1.165, 1.54) is 30.3 Å². The highest BCUT2D eigenvalue weighted by Gasteiger charge is 2.17. The molecule has 1 N–H and O–H groups in total. The van der Waals surface area contributed by atoms with Crippen LogP contribution in [0.1, 0.15) is 10.4 Å². The number of carboxylic acid groups (broad SMARTS) is 1. The SMILES string of the molecule is O=C(O)c1ccccc1-c1cc(Cl)cc([N+](=O)[O-])c1[O-]. The van der Waals surface area contributed by atoms with Crippen LogP contribution in [0, 0.1) is 10.1 Å². The van der Waals surface area contributed by atoms with Crippen molar-refractivity contribution in [2.75, 3.05) is 0 Å². The van der Waals surface area contributed by atoms with E-state index >= 15 is 0 Å². The Morgan fingerprint density at radius 2 is 1.85 bits per heavy atom. The van der Waals surface area contributed by atoms with Crippen molar-refractivity contribution in [2.45, 2.75) is 0 Å². The van der Waals surface area contributed by atoms with Gasteiger partial charge in [-0.05, 0) is 29.0 Å². The van der Waals surface area contributed by atoms with Crippen molar-refractivity contribution in [3.63, 3.8) is 0 Å². The lowest BCUT2D eigenvalue weighted by atomic mass is 9.98. The maximum absolute atomic E-state index is 12.0. The summed E-state index contributed by atoms with van der Waals surface area (Å²) < 4.78 is 0. The number of hydrogen-bond donors (Lipinski definition) is 1. The van der Waals surface area contributed by atoms with Crippen LogP contribution in [-0.4, -0.2) is 16.0 Å². The van der Waals surface area contributed by atoms with E-state index < -0.39 is 22.3 Å². The fourth-order valence-electron chi connectivity index (χ4n) is 1.82. The normalized spacial score (nSPS) is 10.2. The number of halogens is 1. The maximum Gasteiger partial charge on any atom is 0.336 e. The molecule has 102 valence electrons. The third-order valence-electron chi connectivity index (χ3n) is 2.68. The molecule has 0 unspecified atom stereocenters. The second-order valence-electron chi connectivity index (χ2n) is 3.91.